The van der Waals surface area contributed by atoms with Crippen LogP contribution in [0.5, 0.6) is 0 Å². The highest BCUT2D eigenvalue weighted by Gasteiger charge is 2.24. The molecule has 0 saturated carbocycles. The van der Waals surface area contributed by atoms with Gasteiger partial charge in [-0.05, 0) is 52.3 Å². The van der Waals surface area contributed by atoms with Crippen molar-refractivity contribution in [2.75, 3.05) is 0 Å². The number of thiophene rings is 1. The van der Waals surface area contributed by atoms with E-state index < -0.39 is 0 Å². The van der Waals surface area contributed by atoms with Crippen molar-refractivity contribution in [1.82, 2.24) is 0 Å². The maximum atomic E-state index is 8.78. The Labute approximate surface area is 188 Å². The van der Waals surface area contributed by atoms with Crippen LogP contribution in [0.4, 0.5) is 0 Å². The lowest BCUT2D eigenvalue weighted by Crippen LogP contribution is -2.14. The standard InChI is InChI=1S/C29H26S/c1-19-10-7-11-20(18-19)21-13-8-15-23(28(21)29(2,3)4)22-14-9-17-26-27(22)24-12-5-6-16-25(24)30-26/h5-18H,1-4H3/i7D,10D,11D,18D. The Morgan fingerprint density at radius 3 is 2.30 bits per heavy atom. The molecule has 0 fully saturated rings. The summed E-state index contributed by atoms with van der Waals surface area (Å²) in [6.45, 7) is 8.16. The van der Waals surface area contributed by atoms with E-state index in [1.54, 1.807) is 18.3 Å². The minimum Gasteiger partial charge on any atom is -0.135 e. The molecule has 30 heavy (non-hydrogen) atoms. The Morgan fingerprint density at radius 1 is 0.767 bits per heavy atom. The first-order chi connectivity index (χ1) is 16.1. The lowest BCUT2D eigenvalue weighted by atomic mass is 9.76. The highest BCUT2D eigenvalue weighted by Crippen LogP contribution is 2.45. The van der Waals surface area contributed by atoms with Gasteiger partial charge in [0.05, 0.1) is 5.48 Å². The number of rotatable bonds is 2. The molecule has 0 amide bonds. The number of benzene rings is 4. The van der Waals surface area contributed by atoms with E-state index in [4.69, 9.17) is 5.48 Å². The smallest absolute Gasteiger partial charge is 0.0632 e. The molecule has 5 rings (SSSR count). The first-order valence-electron chi connectivity index (χ1n) is 12.2. The van der Waals surface area contributed by atoms with Crippen LogP contribution in [0.25, 0.3) is 42.4 Å². The minimum absolute atomic E-state index is 0.0401. The number of hydrogen-bond donors (Lipinski definition) is 0. The molecule has 0 N–H and O–H groups in total. The summed E-state index contributed by atoms with van der Waals surface area (Å²) in [6.07, 6.45) is 0. The normalized spacial score (nSPS) is 13.9. The molecule has 0 aliphatic carbocycles. The molecule has 1 heteroatoms. The zero-order valence-electron chi connectivity index (χ0n) is 21.7. The number of hydrogen-bond acceptors (Lipinski definition) is 1. The molecule has 0 aliphatic rings. The predicted octanol–water partition coefficient (Wildman–Crippen LogP) is 8.99. The van der Waals surface area contributed by atoms with Gasteiger partial charge in [-0.1, -0.05) is 99.0 Å². The van der Waals surface area contributed by atoms with Gasteiger partial charge in [-0.3, -0.25) is 0 Å². The molecule has 4 aromatic carbocycles. The molecular weight excluding hydrogens is 380 g/mol. The fourth-order valence-electron chi connectivity index (χ4n) is 4.36. The van der Waals surface area contributed by atoms with Crippen LogP contribution in [-0.2, 0) is 5.41 Å². The van der Waals surface area contributed by atoms with E-state index in [0.29, 0.717) is 11.1 Å². The second kappa shape index (κ2) is 7.11. The lowest BCUT2D eigenvalue weighted by molar-refractivity contribution is 0.594. The third-order valence-corrected chi connectivity index (χ3v) is 6.66. The van der Waals surface area contributed by atoms with Crippen molar-refractivity contribution < 1.29 is 5.48 Å². The Hall–Kier alpha value is -2.90. The summed E-state index contributed by atoms with van der Waals surface area (Å²) in [7, 11) is 0. The fourth-order valence-corrected chi connectivity index (χ4v) is 5.50. The van der Waals surface area contributed by atoms with Gasteiger partial charge in [-0.25, -0.2) is 0 Å². The second-order valence-corrected chi connectivity index (χ2v) is 9.84. The molecule has 0 radical (unpaired) electrons. The third-order valence-electron chi connectivity index (χ3n) is 5.53. The zero-order chi connectivity index (χ0) is 24.4. The van der Waals surface area contributed by atoms with Crippen LogP contribution in [-0.4, -0.2) is 0 Å². The zero-order valence-corrected chi connectivity index (χ0v) is 18.5. The quantitative estimate of drug-likeness (QED) is 0.272. The molecule has 0 atom stereocenters. The van der Waals surface area contributed by atoms with Crippen LogP contribution in [0.15, 0.2) is 84.8 Å². The molecule has 0 spiro atoms. The van der Waals surface area contributed by atoms with Crippen molar-refractivity contribution in [3.8, 4) is 22.3 Å². The van der Waals surface area contributed by atoms with Crippen molar-refractivity contribution in [1.29, 1.82) is 0 Å². The van der Waals surface area contributed by atoms with E-state index in [1.807, 2.05) is 12.1 Å². The average Bonchev–Trinajstić information content (AvgIpc) is 3.19. The monoisotopic (exact) mass is 410 g/mol. The summed E-state index contributed by atoms with van der Waals surface area (Å²) in [5.74, 6) is 0. The Morgan fingerprint density at radius 2 is 1.47 bits per heavy atom. The molecule has 0 unspecified atom stereocenters. The lowest BCUT2D eigenvalue weighted by Gasteiger charge is -2.27. The maximum absolute atomic E-state index is 8.78. The second-order valence-electron chi connectivity index (χ2n) is 8.76. The summed E-state index contributed by atoms with van der Waals surface area (Å²) >= 11 is 1.79. The van der Waals surface area contributed by atoms with Crippen molar-refractivity contribution in [3.63, 3.8) is 0 Å². The SMILES string of the molecule is [2H]c1c([2H])c(C)c([2H])c(-c2cccc(-c3cccc4sc5ccccc5c34)c2C(C)(C)C)c1[2H]. The van der Waals surface area contributed by atoms with Gasteiger partial charge < -0.3 is 0 Å². The maximum Gasteiger partial charge on any atom is 0.0632 e. The van der Waals surface area contributed by atoms with Crippen molar-refractivity contribution >= 4 is 31.5 Å². The summed E-state index contributed by atoms with van der Waals surface area (Å²) in [6, 6.07) is 20.9. The topological polar surface area (TPSA) is 0 Å². The van der Waals surface area contributed by atoms with Gasteiger partial charge in [0.25, 0.3) is 0 Å². The van der Waals surface area contributed by atoms with Crippen LogP contribution < -0.4 is 0 Å². The Balaban J connectivity index is 1.92. The minimum atomic E-state index is -0.283. The van der Waals surface area contributed by atoms with Crippen molar-refractivity contribution in [2.24, 2.45) is 0 Å². The van der Waals surface area contributed by atoms with Crippen molar-refractivity contribution in [2.45, 2.75) is 33.1 Å². The van der Waals surface area contributed by atoms with Gasteiger partial charge in [-0.2, -0.15) is 0 Å². The predicted molar refractivity (Wildman–Crippen MR) is 134 cm³/mol. The van der Waals surface area contributed by atoms with Crippen LogP contribution in [0, 0.1) is 6.92 Å². The van der Waals surface area contributed by atoms with Gasteiger partial charge in [0.1, 0.15) is 0 Å². The van der Waals surface area contributed by atoms with Gasteiger partial charge in [-0.15, -0.1) is 11.3 Å². The highest BCUT2D eigenvalue weighted by atomic mass is 32.1. The van der Waals surface area contributed by atoms with E-state index in [1.165, 1.54) is 20.2 Å². The number of fused-ring (bicyclic) bond motifs is 3. The van der Waals surface area contributed by atoms with E-state index in [0.717, 1.165) is 22.3 Å². The molecule has 148 valence electrons. The van der Waals surface area contributed by atoms with Crippen molar-refractivity contribution in [3.05, 3.63) is 96.0 Å². The molecule has 1 heterocycles. The summed E-state index contributed by atoms with van der Waals surface area (Å²) in [5.41, 5.74) is 4.66. The molecule has 0 nitrogen and oxygen atoms in total. The van der Waals surface area contributed by atoms with Crippen LogP contribution in [0.2, 0.25) is 0 Å². The Bertz CT molecular complexity index is 1560. The first kappa shape index (κ1) is 15.0. The molecule has 0 bridgehead atoms. The first-order valence-corrected chi connectivity index (χ1v) is 11.0. The molecule has 1 aromatic heterocycles. The van der Waals surface area contributed by atoms with Gasteiger partial charge in [0.2, 0.25) is 0 Å². The third kappa shape index (κ3) is 3.14. The van der Waals surface area contributed by atoms with Gasteiger partial charge in [0, 0.05) is 20.2 Å². The van der Waals surface area contributed by atoms with Gasteiger partial charge in [0.15, 0.2) is 0 Å². The summed E-state index contributed by atoms with van der Waals surface area (Å²) < 4.78 is 36.4. The van der Waals surface area contributed by atoms with Crippen LogP contribution in [0.1, 0.15) is 37.4 Å². The van der Waals surface area contributed by atoms with E-state index in [2.05, 4.69) is 69.3 Å². The van der Waals surface area contributed by atoms with E-state index in [9.17, 15) is 0 Å². The largest absolute Gasteiger partial charge is 0.135 e. The summed E-state index contributed by atoms with van der Waals surface area (Å²) in [5, 5.41) is 2.45. The van der Waals surface area contributed by atoms with E-state index >= 15 is 0 Å². The van der Waals surface area contributed by atoms with E-state index in [-0.39, 0.29) is 29.6 Å². The van der Waals surface area contributed by atoms with Crippen LogP contribution in [0.3, 0.4) is 0 Å². The Kier molecular flexibility index (Phi) is 3.55. The molecule has 0 saturated heterocycles. The van der Waals surface area contributed by atoms with Gasteiger partial charge >= 0.3 is 0 Å². The molecule has 0 aliphatic heterocycles. The molecule has 5 aromatic rings. The average molecular weight is 411 g/mol. The molecular formula is C29H26S. The van der Waals surface area contributed by atoms with Crippen LogP contribution >= 0.6 is 11.3 Å². The summed E-state index contributed by atoms with van der Waals surface area (Å²) in [4.78, 5) is 0. The fraction of sp³-hybridized carbons (Fsp3) is 0.172. The highest BCUT2D eigenvalue weighted by molar-refractivity contribution is 7.25.